The average molecular weight is 394 g/mol. The number of aromatic nitrogens is 4. The molecular formula is C21H26N6O2. The van der Waals surface area contributed by atoms with E-state index in [1.54, 1.807) is 11.6 Å². The van der Waals surface area contributed by atoms with E-state index in [4.69, 9.17) is 4.74 Å². The lowest BCUT2D eigenvalue weighted by molar-refractivity contribution is -0.120. The second-order valence-electron chi connectivity index (χ2n) is 7.30. The number of nitrogens with one attached hydrogen (secondary N) is 1. The summed E-state index contributed by atoms with van der Waals surface area (Å²) in [5, 5.41) is 7.43. The van der Waals surface area contributed by atoms with Crippen LogP contribution in [0, 0.1) is 12.8 Å². The van der Waals surface area contributed by atoms with Gasteiger partial charge in [-0.25, -0.2) is 4.98 Å². The summed E-state index contributed by atoms with van der Waals surface area (Å²) in [4.78, 5) is 24.1. The Morgan fingerprint density at radius 3 is 2.97 bits per heavy atom. The molecule has 1 fully saturated rings. The molecule has 8 heteroatoms. The van der Waals surface area contributed by atoms with Gasteiger partial charge in [-0.1, -0.05) is 19.1 Å². The molecule has 0 radical (unpaired) electrons. The van der Waals surface area contributed by atoms with Crippen LogP contribution in [0.4, 0.5) is 11.5 Å². The van der Waals surface area contributed by atoms with Crippen molar-refractivity contribution in [3.8, 4) is 5.75 Å². The van der Waals surface area contributed by atoms with Gasteiger partial charge in [0.15, 0.2) is 0 Å². The quantitative estimate of drug-likeness (QED) is 0.716. The predicted octanol–water partition coefficient (Wildman–Crippen LogP) is 2.86. The molecule has 1 saturated heterocycles. The maximum atomic E-state index is 13.0. The Morgan fingerprint density at radius 1 is 1.34 bits per heavy atom. The number of rotatable bonds is 5. The zero-order valence-electron chi connectivity index (χ0n) is 17.1. The summed E-state index contributed by atoms with van der Waals surface area (Å²) in [6.07, 6.45) is 4.16. The van der Waals surface area contributed by atoms with Crippen LogP contribution < -0.4 is 15.0 Å². The van der Waals surface area contributed by atoms with Crippen molar-refractivity contribution in [2.24, 2.45) is 5.92 Å². The molecule has 1 aromatic carbocycles. The maximum absolute atomic E-state index is 13.0. The number of amides is 1. The smallest absolute Gasteiger partial charge is 0.254 e. The zero-order chi connectivity index (χ0) is 20.4. The van der Waals surface area contributed by atoms with E-state index in [0.717, 1.165) is 42.9 Å². The van der Waals surface area contributed by atoms with E-state index in [9.17, 15) is 4.79 Å². The van der Waals surface area contributed by atoms with E-state index >= 15 is 0 Å². The third kappa shape index (κ3) is 3.62. The number of hydrogen-bond acceptors (Lipinski definition) is 6. The monoisotopic (exact) mass is 394 g/mol. The normalized spacial score (nSPS) is 16.8. The van der Waals surface area contributed by atoms with Crippen molar-refractivity contribution in [3.05, 3.63) is 41.9 Å². The molecule has 0 aliphatic carbocycles. The van der Waals surface area contributed by atoms with Gasteiger partial charge in [-0.05, 0) is 38.3 Å². The van der Waals surface area contributed by atoms with Gasteiger partial charge in [0.25, 0.3) is 5.78 Å². The molecule has 1 atom stereocenters. The fourth-order valence-electron chi connectivity index (χ4n) is 4.07. The number of carbonyl (C=O) groups is 1. The lowest BCUT2D eigenvalue weighted by Gasteiger charge is -2.35. The fourth-order valence-corrected chi connectivity index (χ4v) is 4.07. The molecule has 3 aromatic rings. The van der Waals surface area contributed by atoms with Crippen LogP contribution in [-0.2, 0) is 11.2 Å². The third-order valence-electron chi connectivity index (χ3n) is 5.51. The molecule has 2 aromatic heterocycles. The lowest BCUT2D eigenvalue weighted by atomic mass is 9.96. The van der Waals surface area contributed by atoms with Crippen LogP contribution in [0.3, 0.4) is 0 Å². The first-order valence-corrected chi connectivity index (χ1v) is 10.0. The van der Waals surface area contributed by atoms with E-state index in [0.29, 0.717) is 23.8 Å². The van der Waals surface area contributed by atoms with Crippen LogP contribution in [0.25, 0.3) is 5.78 Å². The van der Waals surface area contributed by atoms with Crippen molar-refractivity contribution in [1.29, 1.82) is 0 Å². The van der Waals surface area contributed by atoms with Crippen LogP contribution in [0.2, 0.25) is 0 Å². The molecule has 1 aliphatic heterocycles. The number of anilines is 2. The van der Waals surface area contributed by atoms with Gasteiger partial charge in [-0.2, -0.15) is 14.6 Å². The largest absolute Gasteiger partial charge is 0.495 e. The number of benzene rings is 1. The van der Waals surface area contributed by atoms with E-state index in [1.165, 1.54) is 6.33 Å². The summed E-state index contributed by atoms with van der Waals surface area (Å²) < 4.78 is 7.15. The molecule has 29 heavy (non-hydrogen) atoms. The molecule has 0 saturated carbocycles. The minimum atomic E-state index is -0.120. The molecule has 0 spiro atoms. The van der Waals surface area contributed by atoms with Gasteiger partial charge < -0.3 is 15.0 Å². The van der Waals surface area contributed by atoms with Gasteiger partial charge in [0.1, 0.15) is 17.9 Å². The van der Waals surface area contributed by atoms with Gasteiger partial charge in [0, 0.05) is 24.3 Å². The molecule has 0 bridgehead atoms. The molecule has 8 nitrogen and oxygen atoms in total. The number of methoxy groups -OCH3 is 1. The first kappa shape index (κ1) is 19.2. The molecule has 4 rings (SSSR count). The molecule has 152 valence electrons. The van der Waals surface area contributed by atoms with E-state index in [2.05, 4.69) is 32.2 Å². The highest BCUT2D eigenvalue weighted by Gasteiger charge is 2.29. The number of para-hydroxylation sites is 2. The summed E-state index contributed by atoms with van der Waals surface area (Å²) in [7, 11) is 1.61. The van der Waals surface area contributed by atoms with Gasteiger partial charge in [0.05, 0.1) is 18.7 Å². The van der Waals surface area contributed by atoms with E-state index in [-0.39, 0.29) is 11.8 Å². The summed E-state index contributed by atoms with van der Waals surface area (Å²) in [6.45, 7) is 5.63. The highest BCUT2D eigenvalue weighted by molar-refractivity contribution is 5.94. The number of piperidine rings is 1. The van der Waals surface area contributed by atoms with E-state index in [1.807, 2.05) is 31.2 Å². The van der Waals surface area contributed by atoms with Crippen molar-refractivity contribution in [2.45, 2.75) is 33.1 Å². The number of carbonyl (C=O) groups excluding carboxylic acids is 1. The van der Waals surface area contributed by atoms with Crippen molar-refractivity contribution in [1.82, 2.24) is 19.6 Å². The minimum Gasteiger partial charge on any atom is -0.495 e. The second kappa shape index (κ2) is 8.06. The van der Waals surface area contributed by atoms with Crippen LogP contribution >= 0.6 is 0 Å². The van der Waals surface area contributed by atoms with Crippen LogP contribution in [0.5, 0.6) is 5.75 Å². The minimum absolute atomic E-state index is 0.0119. The standard InChI is InChI=1S/C21H26N6O2/c1-4-16-14(2)24-21-22-13-23-27(21)20(16)26-11-7-8-15(12-26)19(28)25-17-9-5-6-10-18(17)29-3/h5-6,9-10,13,15H,4,7-8,11-12H2,1-3H3,(H,25,28)/t15-/m1/s1. The van der Waals surface area contributed by atoms with Crippen LogP contribution in [0.1, 0.15) is 31.0 Å². The topological polar surface area (TPSA) is 84.7 Å². The van der Waals surface area contributed by atoms with E-state index < -0.39 is 0 Å². The van der Waals surface area contributed by atoms with Gasteiger partial charge in [-0.15, -0.1) is 0 Å². The van der Waals surface area contributed by atoms with Gasteiger partial charge >= 0.3 is 0 Å². The highest BCUT2D eigenvalue weighted by Crippen LogP contribution is 2.30. The lowest BCUT2D eigenvalue weighted by Crippen LogP contribution is -2.42. The first-order valence-electron chi connectivity index (χ1n) is 10.0. The molecule has 1 amide bonds. The Morgan fingerprint density at radius 2 is 2.17 bits per heavy atom. The summed E-state index contributed by atoms with van der Waals surface area (Å²) >= 11 is 0. The number of aryl methyl sites for hydroxylation is 1. The molecular weight excluding hydrogens is 368 g/mol. The Balaban J connectivity index is 1.60. The summed E-state index contributed by atoms with van der Waals surface area (Å²) in [5.41, 5.74) is 2.81. The number of ether oxygens (including phenoxy) is 1. The van der Waals surface area contributed by atoms with Crippen LogP contribution in [0.15, 0.2) is 30.6 Å². The van der Waals surface area contributed by atoms with Crippen molar-refractivity contribution in [3.63, 3.8) is 0 Å². The molecule has 1 aliphatic rings. The summed E-state index contributed by atoms with van der Waals surface area (Å²) in [5.74, 6) is 2.15. The molecule has 3 heterocycles. The predicted molar refractivity (Wildman–Crippen MR) is 111 cm³/mol. The third-order valence-corrected chi connectivity index (χ3v) is 5.51. The van der Waals surface area contributed by atoms with Crippen LogP contribution in [-0.4, -0.2) is 45.7 Å². The maximum Gasteiger partial charge on any atom is 0.254 e. The zero-order valence-corrected chi connectivity index (χ0v) is 17.1. The Labute approximate surface area is 169 Å². The number of nitrogens with zero attached hydrogens (tertiary/aromatic N) is 5. The Bertz CT molecular complexity index is 1030. The highest BCUT2D eigenvalue weighted by atomic mass is 16.5. The second-order valence-corrected chi connectivity index (χ2v) is 7.30. The Hall–Kier alpha value is -3.16. The average Bonchev–Trinajstić information content (AvgIpc) is 3.21. The molecule has 1 N–H and O–H groups in total. The first-order chi connectivity index (χ1) is 14.1. The van der Waals surface area contributed by atoms with Gasteiger partial charge in [0.2, 0.25) is 5.91 Å². The number of fused-ring (bicyclic) bond motifs is 1. The molecule has 0 unspecified atom stereocenters. The van der Waals surface area contributed by atoms with Crippen molar-refractivity contribution < 1.29 is 9.53 Å². The van der Waals surface area contributed by atoms with Gasteiger partial charge in [-0.3, -0.25) is 4.79 Å². The van der Waals surface area contributed by atoms with Crippen molar-refractivity contribution in [2.75, 3.05) is 30.4 Å². The number of hydrogen-bond donors (Lipinski definition) is 1. The SMILES string of the molecule is CCc1c(C)nc2ncnn2c1N1CCC[C@@H](C(=O)Nc2ccccc2OC)C1. The Kier molecular flexibility index (Phi) is 5.33. The fraction of sp³-hybridized carbons (Fsp3) is 0.429. The summed E-state index contributed by atoms with van der Waals surface area (Å²) in [6, 6.07) is 7.48. The van der Waals surface area contributed by atoms with Crippen molar-refractivity contribution >= 4 is 23.2 Å².